The van der Waals surface area contributed by atoms with Crippen LogP contribution in [0.15, 0.2) is 23.6 Å². The van der Waals surface area contributed by atoms with Gasteiger partial charge in [0.15, 0.2) is 11.5 Å². The quantitative estimate of drug-likeness (QED) is 0.346. The third kappa shape index (κ3) is 9.07. The van der Waals surface area contributed by atoms with Crippen molar-refractivity contribution in [1.82, 2.24) is 15.2 Å². The van der Waals surface area contributed by atoms with Crippen LogP contribution in [0.4, 0.5) is 0 Å². The van der Waals surface area contributed by atoms with Gasteiger partial charge in [0.2, 0.25) is 5.91 Å². The molecule has 10 nitrogen and oxygen atoms in total. The molecule has 0 bridgehead atoms. The van der Waals surface area contributed by atoms with E-state index >= 15 is 0 Å². The predicted molar refractivity (Wildman–Crippen MR) is 122 cm³/mol. The van der Waals surface area contributed by atoms with Gasteiger partial charge in [-0.05, 0) is 44.0 Å². The fourth-order valence-corrected chi connectivity index (χ4v) is 3.73. The SMILES string of the molecule is COc1cc(CNCCCN2CCCC2=O)ccc1OCc1csc(C)n1.O=C(O)C(=O)O. The number of carboxylic acid groups (broad SMARTS) is 2. The fourth-order valence-electron chi connectivity index (χ4n) is 3.14. The second-order valence-electron chi connectivity index (χ2n) is 7.26. The van der Waals surface area contributed by atoms with E-state index in [0.29, 0.717) is 18.9 Å². The Morgan fingerprint density at radius 3 is 2.58 bits per heavy atom. The van der Waals surface area contributed by atoms with Crippen molar-refractivity contribution in [2.45, 2.75) is 39.3 Å². The largest absolute Gasteiger partial charge is 0.493 e. The molecule has 0 radical (unpaired) electrons. The summed E-state index contributed by atoms with van der Waals surface area (Å²) in [4.78, 5) is 36.1. The molecular formula is C22H29N3O7S. The lowest BCUT2D eigenvalue weighted by molar-refractivity contribution is -0.159. The first kappa shape index (κ1) is 26.1. The molecule has 2 aromatic rings. The van der Waals surface area contributed by atoms with Crippen molar-refractivity contribution in [2.75, 3.05) is 26.7 Å². The summed E-state index contributed by atoms with van der Waals surface area (Å²) in [6.07, 6.45) is 2.68. The van der Waals surface area contributed by atoms with Crippen LogP contribution in [0.1, 0.15) is 35.5 Å². The van der Waals surface area contributed by atoms with Crippen LogP contribution in [-0.2, 0) is 27.5 Å². The van der Waals surface area contributed by atoms with Gasteiger partial charge in [-0.1, -0.05) is 6.07 Å². The zero-order valence-corrected chi connectivity index (χ0v) is 19.5. The number of aliphatic carboxylic acids is 2. The van der Waals surface area contributed by atoms with Gasteiger partial charge in [0.1, 0.15) is 6.61 Å². The van der Waals surface area contributed by atoms with E-state index in [-0.39, 0.29) is 0 Å². The summed E-state index contributed by atoms with van der Waals surface area (Å²) in [5, 5.41) is 21.3. The summed E-state index contributed by atoms with van der Waals surface area (Å²) in [5.74, 6) is -1.91. The Bertz CT molecular complexity index is 936. The van der Waals surface area contributed by atoms with Gasteiger partial charge < -0.3 is 29.9 Å². The van der Waals surface area contributed by atoms with E-state index < -0.39 is 11.9 Å². The van der Waals surface area contributed by atoms with Crippen LogP contribution in [-0.4, -0.2) is 64.7 Å². The molecule has 1 fully saturated rings. The number of carboxylic acids is 2. The molecule has 3 rings (SSSR count). The zero-order valence-electron chi connectivity index (χ0n) is 18.7. The highest BCUT2D eigenvalue weighted by atomic mass is 32.1. The molecule has 1 aromatic carbocycles. The first-order valence-electron chi connectivity index (χ1n) is 10.5. The predicted octanol–water partition coefficient (Wildman–Crippen LogP) is 2.30. The molecule has 1 saturated heterocycles. The van der Waals surface area contributed by atoms with Gasteiger partial charge in [0, 0.05) is 31.4 Å². The Hall–Kier alpha value is -3.18. The summed E-state index contributed by atoms with van der Waals surface area (Å²) in [6, 6.07) is 5.98. The molecule has 1 amide bonds. The van der Waals surface area contributed by atoms with Crippen molar-refractivity contribution in [3.63, 3.8) is 0 Å². The minimum Gasteiger partial charge on any atom is -0.493 e. The summed E-state index contributed by atoms with van der Waals surface area (Å²) in [7, 11) is 1.65. The van der Waals surface area contributed by atoms with Crippen LogP contribution in [0.5, 0.6) is 11.5 Å². The number of carbonyl (C=O) groups is 3. The Labute approximate surface area is 196 Å². The van der Waals surface area contributed by atoms with Gasteiger partial charge in [0.05, 0.1) is 17.8 Å². The molecular weight excluding hydrogens is 450 g/mol. The van der Waals surface area contributed by atoms with Gasteiger partial charge in [-0.25, -0.2) is 14.6 Å². The van der Waals surface area contributed by atoms with E-state index in [9.17, 15) is 4.79 Å². The molecule has 180 valence electrons. The third-order valence-electron chi connectivity index (χ3n) is 4.74. The van der Waals surface area contributed by atoms with Gasteiger partial charge in [-0.3, -0.25) is 4.79 Å². The Balaban J connectivity index is 0.000000569. The Morgan fingerprint density at radius 2 is 2.00 bits per heavy atom. The molecule has 33 heavy (non-hydrogen) atoms. The number of nitrogens with one attached hydrogen (secondary N) is 1. The summed E-state index contributed by atoms with van der Waals surface area (Å²) < 4.78 is 11.3. The number of benzene rings is 1. The molecule has 0 saturated carbocycles. The van der Waals surface area contributed by atoms with Crippen molar-refractivity contribution in [2.24, 2.45) is 0 Å². The average molecular weight is 480 g/mol. The molecule has 2 heterocycles. The molecule has 11 heteroatoms. The monoisotopic (exact) mass is 479 g/mol. The lowest BCUT2D eigenvalue weighted by Crippen LogP contribution is -2.28. The van der Waals surface area contributed by atoms with E-state index in [0.717, 1.165) is 66.8 Å². The maximum absolute atomic E-state index is 11.6. The number of ether oxygens (including phenoxy) is 2. The topological polar surface area (TPSA) is 138 Å². The van der Waals surface area contributed by atoms with Crippen molar-refractivity contribution in [3.05, 3.63) is 39.8 Å². The van der Waals surface area contributed by atoms with Crippen molar-refractivity contribution >= 4 is 29.2 Å². The Morgan fingerprint density at radius 1 is 1.24 bits per heavy atom. The zero-order chi connectivity index (χ0) is 24.2. The fraction of sp³-hybridized carbons (Fsp3) is 0.455. The highest BCUT2D eigenvalue weighted by Crippen LogP contribution is 2.29. The van der Waals surface area contributed by atoms with E-state index in [1.807, 2.05) is 35.4 Å². The molecule has 0 atom stereocenters. The maximum atomic E-state index is 11.6. The molecule has 1 aliphatic rings. The number of hydrogen-bond acceptors (Lipinski definition) is 8. The minimum atomic E-state index is -1.82. The van der Waals surface area contributed by atoms with E-state index in [2.05, 4.69) is 10.3 Å². The lowest BCUT2D eigenvalue weighted by Gasteiger charge is -2.15. The minimum absolute atomic E-state index is 0.295. The number of carbonyl (C=O) groups excluding carboxylic acids is 1. The van der Waals surface area contributed by atoms with E-state index in [1.165, 1.54) is 0 Å². The normalized spacial score (nSPS) is 12.8. The average Bonchev–Trinajstić information content (AvgIpc) is 3.40. The second kappa shape index (κ2) is 13.4. The first-order chi connectivity index (χ1) is 15.8. The number of likely N-dealkylation sites (tertiary alicyclic amines) is 1. The van der Waals surface area contributed by atoms with Gasteiger partial charge in [0.25, 0.3) is 0 Å². The standard InChI is InChI=1S/C20H27N3O3S.C2H2O4/c1-15-22-17(14-27-15)13-26-18-7-6-16(11-19(18)25-2)12-21-8-4-10-23-9-3-5-20(23)24;3-1(4)2(5)6/h6-7,11,14,21H,3-5,8-10,12-13H2,1-2H3;(H,3,4)(H,5,6). The van der Waals surface area contributed by atoms with Crippen LogP contribution < -0.4 is 14.8 Å². The van der Waals surface area contributed by atoms with Crippen LogP contribution in [0.25, 0.3) is 0 Å². The second-order valence-corrected chi connectivity index (χ2v) is 8.32. The Kier molecular flexibility index (Phi) is 10.6. The van der Waals surface area contributed by atoms with Gasteiger partial charge in [-0.2, -0.15) is 0 Å². The molecule has 3 N–H and O–H groups in total. The smallest absolute Gasteiger partial charge is 0.414 e. The van der Waals surface area contributed by atoms with Gasteiger partial charge in [-0.15, -0.1) is 11.3 Å². The number of aryl methyl sites for hydroxylation is 1. The van der Waals surface area contributed by atoms with E-state index in [4.69, 9.17) is 29.3 Å². The van der Waals surface area contributed by atoms with E-state index in [1.54, 1.807) is 18.4 Å². The number of amides is 1. The summed E-state index contributed by atoms with van der Waals surface area (Å²) in [5.41, 5.74) is 2.07. The number of methoxy groups -OCH3 is 1. The van der Waals surface area contributed by atoms with Crippen LogP contribution in [0, 0.1) is 6.92 Å². The van der Waals surface area contributed by atoms with Crippen molar-refractivity contribution in [1.29, 1.82) is 0 Å². The first-order valence-corrected chi connectivity index (χ1v) is 11.3. The summed E-state index contributed by atoms with van der Waals surface area (Å²) >= 11 is 1.62. The third-order valence-corrected chi connectivity index (χ3v) is 5.56. The number of nitrogens with zero attached hydrogens (tertiary/aromatic N) is 2. The lowest BCUT2D eigenvalue weighted by atomic mass is 10.2. The maximum Gasteiger partial charge on any atom is 0.414 e. The number of hydrogen-bond donors (Lipinski definition) is 3. The number of thiazole rings is 1. The molecule has 0 spiro atoms. The molecule has 0 aliphatic carbocycles. The summed E-state index contributed by atoms with van der Waals surface area (Å²) in [6.45, 7) is 5.83. The van der Waals surface area contributed by atoms with Crippen LogP contribution in [0.2, 0.25) is 0 Å². The molecule has 0 unspecified atom stereocenters. The molecule has 1 aromatic heterocycles. The van der Waals surface area contributed by atoms with Crippen LogP contribution >= 0.6 is 11.3 Å². The number of rotatable bonds is 10. The number of aromatic nitrogens is 1. The molecule has 1 aliphatic heterocycles. The highest BCUT2D eigenvalue weighted by molar-refractivity contribution is 7.09. The van der Waals surface area contributed by atoms with Crippen LogP contribution in [0.3, 0.4) is 0 Å². The van der Waals surface area contributed by atoms with Crippen molar-refractivity contribution < 1.29 is 34.1 Å². The van der Waals surface area contributed by atoms with Crippen molar-refractivity contribution in [3.8, 4) is 11.5 Å². The highest BCUT2D eigenvalue weighted by Gasteiger charge is 2.18. The van der Waals surface area contributed by atoms with Gasteiger partial charge >= 0.3 is 11.9 Å².